The van der Waals surface area contributed by atoms with Crippen LogP contribution in [0, 0.1) is 0 Å². The lowest BCUT2D eigenvalue weighted by Gasteiger charge is -2.09. The molecule has 0 bridgehead atoms. The summed E-state index contributed by atoms with van der Waals surface area (Å²) in [6, 6.07) is 13.7. The van der Waals surface area contributed by atoms with Gasteiger partial charge in [0, 0.05) is 16.9 Å². The number of nitrogens with one attached hydrogen (secondary N) is 2. The highest BCUT2D eigenvalue weighted by molar-refractivity contribution is 5.95. The van der Waals surface area contributed by atoms with Gasteiger partial charge in [-0.25, -0.2) is 0 Å². The predicted molar refractivity (Wildman–Crippen MR) is 85.1 cm³/mol. The summed E-state index contributed by atoms with van der Waals surface area (Å²) in [5.41, 5.74) is 6.93. The first-order valence-electron chi connectivity index (χ1n) is 6.66. The van der Waals surface area contributed by atoms with E-state index in [1.54, 1.807) is 55.6 Å². The number of rotatable bonds is 6. The van der Waals surface area contributed by atoms with Crippen molar-refractivity contribution in [2.45, 2.75) is 0 Å². The molecule has 0 aliphatic rings. The minimum Gasteiger partial charge on any atom is -0.497 e. The third kappa shape index (κ3) is 4.24. The summed E-state index contributed by atoms with van der Waals surface area (Å²) in [6.07, 6.45) is 0. The SMILES string of the molecule is COc1ccc(NC(=O)CNc2cccc(C(N)=O)c2)cc1. The molecule has 4 N–H and O–H groups in total. The Morgan fingerprint density at radius 1 is 1.09 bits per heavy atom. The zero-order valence-corrected chi connectivity index (χ0v) is 12.1. The van der Waals surface area contributed by atoms with Gasteiger partial charge < -0.3 is 21.1 Å². The number of ether oxygens (including phenoxy) is 1. The largest absolute Gasteiger partial charge is 0.497 e. The molecule has 2 aromatic carbocycles. The Morgan fingerprint density at radius 3 is 2.45 bits per heavy atom. The van der Waals surface area contributed by atoms with Crippen LogP contribution in [0.1, 0.15) is 10.4 Å². The van der Waals surface area contributed by atoms with Gasteiger partial charge in [0.1, 0.15) is 5.75 Å². The highest BCUT2D eigenvalue weighted by Gasteiger charge is 2.04. The summed E-state index contributed by atoms with van der Waals surface area (Å²) in [4.78, 5) is 23.0. The summed E-state index contributed by atoms with van der Waals surface area (Å²) in [5.74, 6) is 0.0142. The first-order chi connectivity index (χ1) is 10.6. The molecule has 0 saturated carbocycles. The normalized spacial score (nSPS) is 9.86. The molecule has 0 aliphatic carbocycles. The number of benzene rings is 2. The number of hydrogen-bond acceptors (Lipinski definition) is 4. The van der Waals surface area contributed by atoms with Crippen LogP contribution in [0.2, 0.25) is 0 Å². The molecule has 2 rings (SSSR count). The number of methoxy groups -OCH3 is 1. The van der Waals surface area contributed by atoms with Crippen molar-refractivity contribution in [1.29, 1.82) is 0 Å². The van der Waals surface area contributed by atoms with Crippen LogP contribution in [0.3, 0.4) is 0 Å². The van der Waals surface area contributed by atoms with E-state index in [4.69, 9.17) is 10.5 Å². The van der Waals surface area contributed by atoms with E-state index in [2.05, 4.69) is 10.6 Å². The van der Waals surface area contributed by atoms with E-state index < -0.39 is 5.91 Å². The molecule has 0 aliphatic heterocycles. The van der Waals surface area contributed by atoms with Gasteiger partial charge in [-0.3, -0.25) is 9.59 Å². The molecule has 6 heteroatoms. The summed E-state index contributed by atoms with van der Waals surface area (Å²) < 4.78 is 5.05. The van der Waals surface area contributed by atoms with Gasteiger partial charge in [-0.2, -0.15) is 0 Å². The topological polar surface area (TPSA) is 93.4 Å². The smallest absolute Gasteiger partial charge is 0.248 e. The summed E-state index contributed by atoms with van der Waals surface area (Å²) >= 11 is 0. The molecule has 2 amide bonds. The molecule has 6 nitrogen and oxygen atoms in total. The molecule has 0 saturated heterocycles. The second-order valence-electron chi connectivity index (χ2n) is 4.58. The molecule has 0 fully saturated rings. The summed E-state index contributed by atoms with van der Waals surface area (Å²) in [7, 11) is 1.58. The lowest BCUT2D eigenvalue weighted by Crippen LogP contribution is -2.22. The highest BCUT2D eigenvalue weighted by atomic mass is 16.5. The monoisotopic (exact) mass is 299 g/mol. The zero-order valence-electron chi connectivity index (χ0n) is 12.1. The molecule has 0 spiro atoms. The Morgan fingerprint density at radius 2 is 1.82 bits per heavy atom. The lowest BCUT2D eigenvalue weighted by molar-refractivity contribution is -0.114. The Labute approximate surface area is 128 Å². The van der Waals surface area contributed by atoms with Crippen molar-refractivity contribution in [3.63, 3.8) is 0 Å². The van der Waals surface area contributed by atoms with Gasteiger partial charge in [-0.1, -0.05) is 6.07 Å². The Balaban J connectivity index is 1.89. The van der Waals surface area contributed by atoms with Gasteiger partial charge >= 0.3 is 0 Å². The van der Waals surface area contributed by atoms with E-state index in [0.717, 1.165) is 5.75 Å². The maximum absolute atomic E-state index is 11.9. The Kier molecular flexibility index (Phi) is 4.98. The fourth-order valence-corrected chi connectivity index (χ4v) is 1.84. The van der Waals surface area contributed by atoms with Crippen molar-refractivity contribution in [3.8, 4) is 5.75 Å². The summed E-state index contributed by atoms with van der Waals surface area (Å²) in [5, 5.41) is 5.69. The molecular weight excluding hydrogens is 282 g/mol. The molecule has 0 unspecified atom stereocenters. The number of anilines is 2. The first-order valence-corrected chi connectivity index (χ1v) is 6.66. The van der Waals surface area contributed by atoms with Crippen molar-refractivity contribution in [2.24, 2.45) is 5.73 Å². The first kappa shape index (κ1) is 15.4. The molecule has 114 valence electrons. The molecule has 0 aromatic heterocycles. The van der Waals surface area contributed by atoms with Gasteiger partial charge in [0.25, 0.3) is 0 Å². The Bertz CT molecular complexity index is 669. The molecule has 22 heavy (non-hydrogen) atoms. The highest BCUT2D eigenvalue weighted by Crippen LogP contribution is 2.15. The van der Waals surface area contributed by atoms with E-state index >= 15 is 0 Å². The predicted octanol–water partition coefficient (Wildman–Crippen LogP) is 1.84. The number of carbonyl (C=O) groups is 2. The number of primary amides is 1. The molecule has 0 atom stereocenters. The van der Waals surface area contributed by atoms with E-state index in [1.807, 2.05) is 0 Å². The van der Waals surface area contributed by atoms with Crippen molar-refractivity contribution in [3.05, 3.63) is 54.1 Å². The van der Waals surface area contributed by atoms with E-state index in [9.17, 15) is 9.59 Å². The van der Waals surface area contributed by atoms with Crippen molar-refractivity contribution in [2.75, 3.05) is 24.3 Å². The van der Waals surface area contributed by atoms with Crippen LogP contribution in [0.25, 0.3) is 0 Å². The van der Waals surface area contributed by atoms with Crippen molar-refractivity contribution < 1.29 is 14.3 Å². The third-order valence-electron chi connectivity index (χ3n) is 2.97. The van der Waals surface area contributed by atoms with E-state index in [0.29, 0.717) is 16.9 Å². The third-order valence-corrected chi connectivity index (χ3v) is 2.97. The van der Waals surface area contributed by atoms with E-state index in [1.165, 1.54) is 0 Å². The standard InChI is InChI=1S/C16H17N3O3/c1-22-14-7-5-12(6-8-14)19-15(20)10-18-13-4-2-3-11(9-13)16(17)21/h2-9,18H,10H2,1H3,(H2,17,21)(H,19,20). The maximum Gasteiger partial charge on any atom is 0.248 e. The molecule has 0 radical (unpaired) electrons. The number of hydrogen-bond donors (Lipinski definition) is 3. The second-order valence-corrected chi connectivity index (χ2v) is 4.58. The molecular formula is C16H17N3O3. The average molecular weight is 299 g/mol. The fourth-order valence-electron chi connectivity index (χ4n) is 1.84. The van der Waals surface area contributed by atoms with Crippen molar-refractivity contribution >= 4 is 23.2 Å². The van der Waals surface area contributed by atoms with Gasteiger partial charge in [0.2, 0.25) is 11.8 Å². The number of carbonyl (C=O) groups excluding carboxylic acids is 2. The fraction of sp³-hybridized carbons (Fsp3) is 0.125. The Hall–Kier alpha value is -3.02. The molecule has 0 heterocycles. The van der Waals surface area contributed by atoms with Crippen LogP contribution >= 0.6 is 0 Å². The van der Waals surface area contributed by atoms with Crippen LogP contribution in [-0.2, 0) is 4.79 Å². The maximum atomic E-state index is 11.9. The van der Waals surface area contributed by atoms with Gasteiger partial charge in [0.15, 0.2) is 0 Å². The minimum atomic E-state index is -0.508. The van der Waals surface area contributed by atoms with Crippen LogP contribution in [0.5, 0.6) is 5.75 Å². The summed E-state index contributed by atoms with van der Waals surface area (Å²) in [6.45, 7) is 0.0776. The van der Waals surface area contributed by atoms with Gasteiger partial charge in [-0.05, 0) is 42.5 Å². The number of nitrogens with two attached hydrogens (primary N) is 1. The average Bonchev–Trinajstić information content (AvgIpc) is 2.54. The minimum absolute atomic E-state index is 0.0776. The van der Waals surface area contributed by atoms with Gasteiger partial charge in [-0.15, -0.1) is 0 Å². The van der Waals surface area contributed by atoms with E-state index in [-0.39, 0.29) is 12.5 Å². The molecule has 2 aromatic rings. The van der Waals surface area contributed by atoms with Crippen LogP contribution < -0.4 is 21.1 Å². The second kappa shape index (κ2) is 7.12. The van der Waals surface area contributed by atoms with Crippen molar-refractivity contribution in [1.82, 2.24) is 0 Å². The quantitative estimate of drug-likeness (QED) is 0.758. The number of amides is 2. The van der Waals surface area contributed by atoms with Gasteiger partial charge in [0.05, 0.1) is 13.7 Å². The lowest BCUT2D eigenvalue weighted by atomic mass is 10.2. The van der Waals surface area contributed by atoms with Crippen LogP contribution in [0.15, 0.2) is 48.5 Å². The van der Waals surface area contributed by atoms with Crippen LogP contribution in [0.4, 0.5) is 11.4 Å². The zero-order chi connectivity index (χ0) is 15.9. The van der Waals surface area contributed by atoms with Crippen LogP contribution in [-0.4, -0.2) is 25.5 Å².